The molecular formula is C15H24N2O. The third-order valence-corrected chi connectivity index (χ3v) is 4.45. The first kappa shape index (κ1) is 13.3. The van der Waals surface area contributed by atoms with Gasteiger partial charge in [-0.2, -0.15) is 0 Å². The van der Waals surface area contributed by atoms with Crippen molar-refractivity contribution in [2.45, 2.75) is 52.1 Å². The van der Waals surface area contributed by atoms with Crippen LogP contribution in [0.15, 0.2) is 12.3 Å². The lowest BCUT2D eigenvalue weighted by Crippen LogP contribution is -2.21. The van der Waals surface area contributed by atoms with Gasteiger partial charge in [0.15, 0.2) is 0 Å². The van der Waals surface area contributed by atoms with Crippen molar-refractivity contribution in [1.29, 1.82) is 0 Å². The zero-order chi connectivity index (χ0) is 13.1. The SMILES string of the molecule is CCC1CCC(C(O)c2c(C)ccnc2N)CC1. The van der Waals surface area contributed by atoms with Crippen molar-refractivity contribution in [3.05, 3.63) is 23.4 Å². The molecule has 100 valence electrons. The number of hydrogen-bond acceptors (Lipinski definition) is 3. The second kappa shape index (κ2) is 5.70. The Labute approximate surface area is 109 Å². The maximum Gasteiger partial charge on any atom is 0.129 e. The van der Waals surface area contributed by atoms with Gasteiger partial charge in [-0.1, -0.05) is 26.2 Å². The lowest BCUT2D eigenvalue weighted by atomic mass is 9.76. The van der Waals surface area contributed by atoms with Crippen molar-refractivity contribution in [3.8, 4) is 0 Å². The van der Waals surface area contributed by atoms with Crippen molar-refractivity contribution < 1.29 is 5.11 Å². The molecule has 2 rings (SSSR count). The van der Waals surface area contributed by atoms with Crippen molar-refractivity contribution in [3.63, 3.8) is 0 Å². The fourth-order valence-electron chi connectivity index (χ4n) is 3.12. The van der Waals surface area contributed by atoms with Gasteiger partial charge in [-0.25, -0.2) is 4.98 Å². The number of nitrogen functional groups attached to an aromatic ring is 1. The average Bonchev–Trinajstić information content (AvgIpc) is 2.38. The Morgan fingerprint density at radius 2 is 2.06 bits per heavy atom. The van der Waals surface area contributed by atoms with Gasteiger partial charge >= 0.3 is 0 Å². The highest BCUT2D eigenvalue weighted by atomic mass is 16.3. The standard InChI is InChI=1S/C15H24N2O/c1-3-11-4-6-12(7-5-11)14(18)13-10(2)8-9-17-15(13)16/h8-9,11-12,14,18H,3-7H2,1-2H3,(H2,16,17). The number of pyridine rings is 1. The number of aromatic nitrogens is 1. The Kier molecular flexibility index (Phi) is 4.23. The highest BCUT2D eigenvalue weighted by Gasteiger charge is 2.28. The molecule has 0 spiro atoms. The van der Waals surface area contributed by atoms with E-state index in [1.807, 2.05) is 13.0 Å². The van der Waals surface area contributed by atoms with E-state index in [-0.39, 0.29) is 0 Å². The maximum atomic E-state index is 10.5. The molecule has 1 aliphatic carbocycles. The molecule has 0 radical (unpaired) electrons. The second-order valence-electron chi connectivity index (χ2n) is 5.56. The quantitative estimate of drug-likeness (QED) is 0.863. The summed E-state index contributed by atoms with van der Waals surface area (Å²) in [6.07, 6.45) is 7.19. The molecule has 0 aromatic carbocycles. The number of nitrogens with two attached hydrogens (primary N) is 1. The minimum atomic E-state index is -0.448. The van der Waals surface area contributed by atoms with E-state index in [1.54, 1.807) is 6.20 Å². The number of rotatable bonds is 3. The van der Waals surface area contributed by atoms with E-state index in [0.29, 0.717) is 11.7 Å². The summed E-state index contributed by atoms with van der Waals surface area (Å²) in [5.41, 5.74) is 7.80. The van der Waals surface area contributed by atoms with Crippen molar-refractivity contribution in [2.75, 3.05) is 5.73 Å². The number of aliphatic hydroxyl groups is 1. The lowest BCUT2D eigenvalue weighted by Gasteiger charge is -2.32. The molecule has 0 bridgehead atoms. The lowest BCUT2D eigenvalue weighted by molar-refractivity contribution is 0.0728. The molecule has 0 aliphatic heterocycles. The Morgan fingerprint density at radius 1 is 1.39 bits per heavy atom. The molecule has 18 heavy (non-hydrogen) atoms. The number of hydrogen-bond donors (Lipinski definition) is 2. The fourth-order valence-corrected chi connectivity index (χ4v) is 3.12. The molecule has 1 aromatic rings. The summed E-state index contributed by atoms with van der Waals surface area (Å²) in [7, 11) is 0. The van der Waals surface area contributed by atoms with Gasteiger partial charge in [0.2, 0.25) is 0 Å². The molecular weight excluding hydrogens is 224 g/mol. The topological polar surface area (TPSA) is 59.1 Å². The van der Waals surface area contributed by atoms with E-state index in [1.165, 1.54) is 19.3 Å². The van der Waals surface area contributed by atoms with Crippen LogP contribution in [0, 0.1) is 18.8 Å². The van der Waals surface area contributed by atoms with E-state index < -0.39 is 6.10 Å². The number of anilines is 1. The van der Waals surface area contributed by atoms with Crippen LogP contribution in [0.3, 0.4) is 0 Å². The minimum Gasteiger partial charge on any atom is -0.388 e. The van der Waals surface area contributed by atoms with Gasteiger partial charge in [0.05, 0.1) is 6.10 Å². The Morgan fingerprint density at radius 3 is 2.61 bits per heavy atom. The number of aryl methyl sites for hydroxylation is 1. The van der Waals surface area contributed by atoms with Crippen LogP contribution in [-0.4, -0.2) is 10.1 Å². The first-order valence-electron chi connectivity index (χ1n) is 7.02. The molecule has 1 aromatic heterocycles. The van der Waals surface area contributed by atoms with E-state index >= 15 is 0 Å². The average molecular weight is 248 g/mol. The Hall–Kier alpha value is -1.09. The van der Waals surface area contributed by atoms with E-state index in [9.17, 15) is 5.11 Å². The van der Waals surface area contributed by atoms with Crippen LogP contribution >= 0.6 is 0 Å². The zero-order valence-corrected chi connectivity index (χ0v) is 11.4. The van der Waals surface area contributed by atoms with E-state index in [2.05, 4.69) is 11.9 Å². The van der Waals surface area contributed by atoms with Crippen molar-refractivity contribution in [1.82, 2.24) is 4.98 Å². The number of nitrogens with zero attached hydrogens (tertiary/aromatic N) is 1. The zero-order valence-electron chi connectivity index (χ0n) is 11.4. The molecule has 1 unspecified atom stereocenters. The van der Waals surface area contributed by atoms with Gasteiger partial charge in [-0.3, -0.25) is 0 Å². The first-order chi connectivity index (χ1) is 8.63. The van der Waals surface area contributed by atoms with Crippen LogP contribution in [0.2, 0.25) is 0 Å². The molecule has 1 heterocycles. The van der Waals surface area contributed by atoms with Gasteiger partial charge in [0, 0.05) is 11.8 Å². The smallest absolute Gasteiger partial charge is 0.129 e. The molecule has 3 nitrogen and oxygen atoms in total. The predicted molar refractivity (Wildman–Crippen MR) is 74.1 cm³/mol. The molecule has 0 amide bonds. The maximum absolute atomic E-state index is 10.5. The van der Waals surface area contributed by atoms with Crippen molar-refractivity contribution in [2.24, 2.45) is 11.8 Å². The molecule has 1 aliphatic rings. The second-order valence-corrected chi connectivity index (χ2v) is 5.56. The van der Waals surface area contributed by atoms with E-state index in [4.69, 9.17) is 5.73 Å². The summed E-state index contributed by atoms with van der Waals surface area (Å²) in [5.74, 6) is 1.68. The Bertz CT molecular complexity index is 377. The van der Waals surface area contributed by atoms with Gasteiger partial charge in [-0.05, 0) is 43.2 Å². The van der Waals surface area contributed by atoms with Gasteiger partial charge in [0.1, 0.15) is 5.82 Å². The molecule has 3 heteroatoms. The normalized spacial score (nSPS) is 25.9. The predicted octanol–water partition coefficient (Wildman–Crippen LogP) is 3.22. The van der Waals surface area contributed by atoms with Crippen LogP contribution in [-0.2, 0) is 0 Å². The summed E-state index contributed by atoms with van der Waals surface area (Å²) in [5, 5.41) is 10.5. The summed E-state index contributed by atoms with van der Waals surface area (Å²) in [6, 6.07) is 1.92. The third-order valence-electron chi connectivity index (χ3n) is 4.45. The molecule has 1 saturated carbocycles. The van der Waals surface area contributed by atoms with Crippen LogP contribution in [0.1, 0.15) is 56.3 Å². The van der Waals surface area contributed by atoms with Crippen LogP contribution in [0.4, 0.5) is 5.82 Å². The summed E-state index contributed by atoms with van der Waals surface area (Å²) < 4.78 is 0. The van der Waals surface area contributed by atoms with Gasteiger partial charge in [0.25, 0.3) is 0 Å². The van der Waals surface area contributed by atoms with Gasteiger partial charge < -0.3 is 10.8 Å². The minimum absolute atomic E-state index is 0.345. The first-order valence-corrected chi connectivity index (χ1v) is 7.02. The number of aliphatic hydroxyl groups excluding tert-OH is 1. The fraction of sp³-hybridized carbons (Fsp3) is 0.667. The summed E-state index contributed by atoms with van der Waals surface area (Å²) >= 11 is 0. The largest absolute Gasteiger partial charge is 0.388 e. The van der Waals surface area contributed by atoms with Crippen molar-refractivity contribution >= 4 is 5.82 Å². The summed E-state index contributed by atoms with van der Waals surface area (Å²) in [4.78, 5) is 4.10. The molecule has 1 atom stereocenters. The highest BCUT2D eigenvalue weighted by molar-refractivity contribution is 5.45. The van der Waals surface area contributed by atoms with Crippen LogP contribution < -0.4 is 5.73 Å². The molecule has 1 fully saturated rings. The highest BCUT2D eigenvalue weighted by Crippen LogP contribution is 2.39. The molecule has 0 saturated heterocycles. The third kappa shape index (κ3) is 2.66. The van der Waals surface area contributed by atoms with E-state index in [0.717, 1.165) is 29.9 Å². The summed E-state index contributed by atoms with van der Waals surface area (Å²) in [6.45, 7) is 4.25. The Balaban J connectivity index is 2.10. The monoisotopic (exact) mass is 248 g/mol. The van der Waals surface area contributed by atoms with Crippen LogP contribution in [0.5, 0.6) is 0 Å². The van der Waals surface area contributed by atoms with Gasteiger partial charge in [-0.15, -0.1) is 0 Å². The molecule has 3 N–H and O–H groups in total. The van der Waals surface area contributed by atoms with Crippen LogP contribution in [0.25, 0.3) is 0 Å².